The molecule has 11 heavy (non-hydrogen) atoms. The van der Waals surface area contributed by atoms with Gasteiger partial charge in [0.05, 0.1) is 10.7 Å². The van der Waals surface area contributed by atoms with Crippen LogP contribution in [0.4, 0.5) is 0 Å². The van der Waals surface area contributed by atoms with Crippen molar-refractivity contribution >= 4 is 11.6 Å². The van der Waals surface area contributed by atoms with E-state index in [1.54, 1.807) is 0 Å². The number of aryl methyl sites for hydroxylation is 2. The van der Waals surface area contributed by atoms with Crippen LogP contribution in [0.3, 0.4) is 0 Å². The third-order valence-electron chi connectivity index (χ3n) is 1.21. The molecule has 0 amide bonds. The molecular formula is C8H15ClN2. The zero-order chi connectivity index (χ0) is 8.85. The second kappa shape index (κ2) is 5.19. The molecule has 0 atom stereocenters. The van der Waals surface area contributed by atoms with E-state index in [1.165, 1.54) is 0 Å². The van der Waals surface area contributed by atoms with Gasteiger partial charge in [0.1, 0.15) is 0 Å². The van der Waals surface area contributed by atoms with E-state index in [4.69, 9.17) is 11.6 Å². The molecule has 64 valence electrons. The highest BCUT2D eigenvalue weighted by Gasteiger charge is 1.97. The van der Waals surface area contributed by atoms with E-state index in [0.29, 0.717) is 0 Å². The van der Waals surface area contributed by atoms with Gasteiger partial charge in [0.25, 0.3) is 0 Å². The highest BCUT2D eigenvalue weighted by atomic mass is 35.5. The number of halogens is 1. The Morgan fingerprint density at radius 1 is 1.55 bits per heavy atom. The Kier molecular flexibility index (Phi) is 4.95. The molecule has 0 saturated carbocycles. The molecule has 1 rings (SSSR count). The summed E-state index contributed by atoms with van der Waals surface area (Å²) in [6.45, 7) is 8.81. The fraction of sp³-hybridized carbons (Fsp3) is 0.625. The van der Waals surface area contributed by atoms with E-state index in [9.17, 15) is 0 Å². The number of aromatic nitrogens is 2. The number of hydrogen-bond donors (Lipinski definition) is 0. The minimum absolute atomic E-state index is 0.747. The summed E-state index contributed by atoms with van der Waals surface area (Å²) < 4.78 is 1.82. The first-order valence-electron chi connectivity index (χ1n) is 3.93. The Labute approximate surface area is 73.2 Å². The first kappa shape index (κ1) is 10.5. The maximum absolute atomic E-state index is 5.72. The third-order valence-corrected chi connectivity index (χ3v) is 1.58. The lowest BCUT2D eigenvalue weighted by molar-refractivity contribution is 0.653. The number of rotatable bonds is 1. The molecule has 0 unspecified atom stereocenters. The van der Waals surface area contributed by atoms with Crippen LogP contribution in [0.1, 0.15) is 26.5 Å². The van der Waals surface area contributed by atoms with E-state index in [2.05, 4.69) is 5.10 Å². The van der Waals surface area contributed by atoms with Crippen LogP contribution >= 0.6 is 11.6 Å². The molecule has 0 aliphatic rings. The Morgan fingerprint density at radius 2 is 2.09 bits per heavy atom. The fourth-order valence-electron chi connectivity index (χ4n) is 0.656. The maximum Gasteiger partial charge on any atom is 0.0814 e. The fourth-order valence-corrected chi connectivity index (χ4v) is 0.806. The highest BCUT2D eigenvalue weighted by molar-refractivity contribution is 6.31. The smallest absolute Gasteiger partial charge is 0.0814 e. The van der Waals surface area contributed by atoms with Crippen molar-refractivity contribution in [3.05, 3.63) is 16.9 Å². The summed E-state index contributed by atoms with van der Waals surface area (Å²) in [6.07, 6.45) is 1.83. The molecule has 0 N–H and O–H groups in total. The summed E-state index contributed by atoms with van der Waals surface area (Å²) in [5.74, 6) is 0. The van der Waals surface area contributed by atoms with E-state index in [0.717, 1.165) is 17.3 Å². The lowest BCUT2D eigenvalue weighted by atomic mass is 10.5. The Hall–Kier alpha value is -0.500. The van der Waals surface area contributed by atoms with Crippen LogP contribution in [0.5, 0.6) is 0 Å². The Balaban J connectivity index is 0.000000461. The first-order chi connectivity index (χ1) is 5.24. The second-order valence-corrected chi connectivity index (χ2v) is 2.33. The Bertz CT molecular complexity index is 186. The first-order valence-corrected chi connectivity index (χ1v) is 4.31. The summed E-state index contributed by atoms with van der Waals surface area (Å²) in [4.78, 5) is 0. The van der Waals surface area contributed by atoms with Crippen LogP contribution in [-0.2, 0) is 6.54 Å². The van der Waals surface area contributed by atoms with Crippen molar-refractivity contribution in [2.24, 2.45) is 0 Å². The van der Waals surface area contributed by atoms with Crippen molar-refractivity contribution in [2.75, 3.05) is 0 Å². The van der Waals surface area contributed by atoms with Gasteiger partial charge in [-0.2, -0.15) is 5.10 Å². The van der Waals surface area contributed by atoms with Gasteiger partial charge < -0.3 is 0 Å². The molecule has 2 nitrogen and oxygen atoms in total. The zero-order valence-electron chi connectivity index (χ0n) is 7.56. The normalized spacial score (nSPS) is 8.82. The van der Waals surface area contributed by atoms with Crippen LogP contribution in [0.25, 0.3) is 0 Å². The van der Waals surface area contributed by atoms with Crippen LogP contribution < -0.4 is 0 Å². The summed E-state index contributed by atoms with van der Waals surface area (Å²) in [5.41, 5.74) is 0.901. The van der Waals surface area contributed by atoms with Gasteiger partial charge in [-0.3, -0.25) is 4.68 Å². The quantitative estimate of drug-likeness (QED) is 0.640. The molecule has 0 fully saturated rings. The minimum Gasteiger partial charge on any atom is -0.271 e. The van der Waals surface area contributed by atoms with Crippen LogP contribution in [0.2, 0.25) is 5.02 Å². The van der Waals surface area contributed by atoms with Gasteiger partial charge in [-0.05, 0) is 13.8 Å². The van der Waals surface area contributed by atoms with E-state index < -0.39 is 0 Å². The molecule has 0 saturated heterocycles. The van der Waals surface area contributed by atoms with Gasteiger partial charge in [0.2, 0.25) is 0 Å². The average molecular weight is 175 g/mol. The van der Waals surface area contributed by atoms with Gasteiger partial charge >= 0.3 is 0 Å². The lowest BCUT2D eigenvalue weighted by Crippen LogP contribution is -1.93. The molecule has 1 heterocycles. The average Bonchev–Trinajstić information content (AvgIpc) is 2.36. The predicted molar refractivity (Wildman–Crippen MR) is 49.0 cm³/mol. The second-order valence-electron chi connectivity index (χ2n) is 1.92. The standard InChI is InChI=1S/C6H9ClN2.C2H6/c1-3-9-4-6(7)5(2)8-9;1-2/h4H,3H2,1-2H3;1-2H3. The summed E-state index contributed by atoms with van der Waals surface area (Å²) in [7, 11) is 0. The molecule has 0 aliphatic heterocycles. The molecule has 0 spiro atoms. The molecule has 0 radical (unpaired) electrons. The maximum atomic E-state index is 5.72. The molecule has 1 aromatic rings. The van der Waals surface area contributed by atoms with Crippen LogP contribution in [0, 0.1) is 6.92 Å². The van der Waals surface area contributed by atoms with Gasteiger partial charge in [0, 0.05) is 12.7 Å². The van der Waals surface area contributed by atoms with Crippen molar-refractivity contribution in [3.63, 3.8) is 0 Å². The predicted octanol–water partition coefficient (Wildman–Crippen LogP) is 2.89. The van der Waals surface area contributed by atoms with Crippen LogP contribution in [-0.4, -0.2) is 9.78 Å². The third kappa shape index (κ3) is 2.93. The van der Waals surface area contributed by atoms with Crippen molar-refractivity contribution in [1.82, 2.24) is 9.78 Å². The lowest BCUT2D eigenvalue weighted by Gasteiger charge is -1.88. The van der Waals surface area contributed by atoms with Gasteiger partial charge in [0.15, 0.2) is 0 Å². The van der Waals surface area contributed by atoms with E-state index >= 15 is 0 Å². The number of hydrogen-bond acceptors (Lipinski definition) is 1. The van der Waals surface area contributed by atoms with Gasteiger partial charge in [-0.15, -0.1) is 0 Å². The minimum atomic E-state index is 0.747. The van der Waals surface area contributed by atoms with Crippen molar-refractivity contribution in [2.45, 2.75) is 34.2 Å². The molecule has 1 aromatic heterocycles. The monoisotopic (exact) mass is 174 g/mol. The summed E-state index contributed by atoms with van der Waals surface area (Å²) in [5, 5.41) is 4.86. The number of nitrogens with zero attached hydrogens (tertiary/aromatic N) is 2. The molecular weight excluding hydrogens is 160 g/mol. The van der Waals surface area contributed by atoms with Gasteiger partial charge in [-0.1, -0.05) is 25.4 Å². The van der Waals surface area contributed by atoms with Crippen molar-refractivity contribution in [3.8, 4) is 0 Å². The zero-order valence-corrected chi connectivity index (χ0v) is 8.31. The Morgan fingerprint density at radius 3 is 2.27 bits per heavy atom. The van der Waals surface area contributed by atoms with E-state index in [-0.39, 0.29) is 0 Å². The van der Waals surface area contributed by atoms with Gasteiger partial charge in [-0.25, -0.2) is 0 Å². The summed E-state index contributed by atoms with van der Waals surface area (Å²) >= 11 is 5.72. The van der Waals surface area contributed by atoms with E-state index in [1.807, 2.05) is 38.6 Å². The van der Waals surface area contributed by atoms with Crippen molar-refractivity contribution < 1.29 is 0 Å². The van der Waals surface area contributed by atoms with Crippen molar-refractivity contribution in [1.29, 1.82) is 0 Å². The molecule has 0 aromatic carbocycles. The SMILES string of the molecule is CC.CCn1cc(Cl)c(C)n1. The molecule has 0 bridgehead atoms. The summed E-state index contributed by atoms with van der Waals surface area (Å²) in [6, 6.07) is 0. The topological polar surface area (TPSA) is 17.8 Å². The molecule has 3 heteroatoms. The largest absolute Gasteiger partial charge is 0.271 e. The molecule has 0 aliphatic carbocycles. The van der Waals surface area contributed by atoms with Crippen LogP contribution in [0.15, 0.2) is 6.20 Å². The highest BCUT2D eigenvalue weighted by Crippen LogP contribution is 2.11.